The van der Waals surface area contributed by atoms with Crippen molar-refractivity contribution in [3.8, 4) is 0 Å². The van der Waals surface area contributed by atoms with E-state index in [-0.39, 0.29) is 5.41 Å². The smallest absolute Gasteiger partial charge is 0.0621 e. The molecule has 0 spiro atoms. The van der Waals surface area contributed by atoms with Crippen LogP contribution in [-0.2, 0) is 5.41 Å². The third-order valence-corrected chi connectivity index (χ3v) is 2.73. The van der Waals surface area contributed by atoms with Crippen LogP contribution in [0.5, 0.6) is 0 Å². The van der Waals surface area contributed by atoms with Gasteiger partial charge in [0.25, 0.3) is 0 Å². The number of hydrogen-bond acceptors (Lipinski definition) is 0. The van der Waals surface area contributed by atoms with Gasteiger partial charge in [0, 0.05) is 5.39 Å². The molecule has 0 atom stereocenters. The topological polar surface area (TPSA) is 23.8 Å². The normalized spacial score (nSPS) is 11.9. The van der Waals surface area contributed by atoms with Crippen LogP contribution in [-0.4, -0.2) is 0 Å². The molecule has 2 aromatic carbocycles. The average Bonchev–Trinajstić information content (AvgIpc) is 2.16. The molecule has 0 saturated carbocycles. The minimum Gasteiger partial charge on any atom is -0.300 e. The third-order valence-electron chi connectivity index (χ3n) is 2.73. The molecule has 0 bridgehead atoms. The van der Waals surface area contributed by atoms with E-state index in [0.29, 0.717) is 5.69 Å². The molecule has 1 radical (unpaired) electrons. The van der Waals surface area contributed by atoms with E-state index in [0.717, 1.165) is 10.8 Å². The third kappa shape index (κ3) is 1.82. The number of rotatable bonds is 0. The predicted molar refractivity (Wildman–Crippen MR) is 65.4 cm³/mol. The largest absolute Gasteiger partial charge is 0.300 e. The van der Waals surface area contributed by atoms with Crippen molar-refractivity contribution in [3.63, 3.8) is 0 Å². The Labute approximate surface area is 90.9 Å². The van der Waals surface area contributed by atoms with Crippen molar-refractivity contribution in [1.82, 2.24) is 5.73 Å². The van der Waals surface area contributed by atoms with Crippen molar-refractivity contribution in [3.05, 3.63) is 42.0 Å². The zero-order chi connectivity index (χ0) is 11.1. The summed E-state index contributed by atoms with van der Waals surface area (Å²) >= 11 is 0. The highest BCUT2D eigenvalue weighted by atomic mass is 14.6. The van der Waals surface area contributed by atoms with Crippen molar-refractivity contribution >= 4 is 16.5 Å². The minimum absolute atomic E-state index is 0.111. The van der Waals surface area contributed by atoms with E-state index >= 15 is 0 Å². The molecule has 0 saturated heterocycles. The summed E-state index contributed by atoms with van der Waals surface area (Å²) in [5.41, 5.74) is 9.95. The van der Waals surface area contributed by atoms with Gasteiger partial charge in [-0.05, 0) is 22.4 Å². The standard InChI is InChI=1S/C14H16N/c1-14(2,3)11-8-10-6-4-5-7-12(10)13(15)9-11/h4-9,15H,1-3H3. The van der Waals surface area contributed by atoms with Gasteiger partial charge in [-0.3, -0.25) is 0 Å². The summed E-state index contributed by atoms with van der Waals surface area (Å²) in [6, 6.07) is 12.2. The summed E-state index contributed by atoms with van der Waals surface area (Å²) in [5.74, 6) is 0. The van der Waals surface area contributed by atoms with Crippen LogP contribution in [0, 0.1) is 0 Å². The highest BCUT2D eigenvalue weighted by Crippen LogP contribution is 2.30. The van der Waals surface area contributed by atoms with E-state index in [4.69, 9.17) is 5.73 Å². The molecule has 0 amide bonds. The summed E-state index contributed by atoms with van der Waals surface area (Å²) in [7, 11) is 0. The first-order valence-corrected chi connectivity index (χ1v) is 5.23. The molecule has 1 N–H and O–H groups in total. The van der Waals surface area contributed by atoms with E-state index in [9.17, 15) is 0 Å². The zero-order valence-corrected chi connectivity index (χ0v) is 9.46. The maximum Gasteiger partial charge on any atom is 0.0621 e. The molecular weight excluding hydrogens is 182 g/mol. The lowest BCUT2D eigenvalue weighted by molar-refractivity contribution is 0.591. The molecule has 0 aromatic heterocycles. The SMILES string of the molecule is CC(C)(C)c1cc([NH])c2ccccc2c1. The minimum atomic E-state index is 0.111. The second kappa shape index (κ2) is 3.27. The molecular formula is C14H16N. The van der Waals surface area contributed by atoms with Crippen molar-refractivity contribution in [2.45, 2.75) is 26.2 Å². The second-order valence-electron chi connectivity index (χ2n) is 4.99. The van der Waals surface area contributed by atoms with Gasteiger partial charge < -0.3 is 5.73 Å². The van der Waals surface area contributed by atoms with Gasteiger partial charge in [0.2, 0.25) is 0 Å². The van der Waals surface area contributed by atoms with Gasteiger partial charge in [0.05, 0.1) is 5.69 Å². The van der Waals surface area contributed by atoms with Gasteiger partial charge in [-0.15, -0.1) is 0 Å². The van der Waals surface area contributed by atoms with Gasteiger partial charge in [0.15, 0.2) is 0 Å². The number of nitrogens with one attached hydrogen (secondary N) is 1. The van der Waals surface area contributed by atoms with E-state index in [1.807, 2.05) is 24.3 Å². The van der Waals surface area contributed by atoms with Crippen molar-refractivity contribution in [2.75, 3.05) is 0 Å². The molecule has 15 heavy (non-hydrogen) atoms. The van der Waals surface area contributed by atoms with Crippen LogP contribution < -0.4 is 5.73 Å². The molecule has 1 nitrogen and oxygen atoms in total. The van der Waals surface area contributed by atoms with Gasteiger partial charge in [-0.2, -0.15) is 0 Å². The monoisotopic (exact) mass is 198 g/mol. The fraction of sp³-hybridized carbons (Fsp3) is 0.286. The Balaban J connectivity index is 2.73. The van der Waals surface area contributed by atoms with Crippen LogP contribution in [0.2, 0.25) is 0 Å². The molecule has 0 unspecified atom stereocenters. The van der Waals surface area contributed by atoms with Crippen molar-refractivity contribution in [1.29, 1.82) is 0 Å². The van der Waals surface area contributed by atoms with Crippen molar-refractivity contribution < 1.29 is 0 Å². The summed E-state index contributed by atoms with van der Waals surface area (Å²) in [6.45, 7) is 6.53. The first-order chi connectivity index (χ1) is 6.98. The summed E-state index contributed by atoms with van der Waals surface area (Å²) in [4.78, 5) is 0. The summed E-state index contributed by atoms with van der Waals surface area (Å²) in [6.07, 6.45) is 0. The Morgan fingerprint density at radius 1 is 1.00 bits per heavy atom. The lowest BCUT2D eigenvalue weighted by atomic mass is 9.85. The van der Waals surface area contributed by atoms with Gasteiger partial charge in [0.1, 0.15) is 0 Å². The second-order valence-corrected chi connectivity index (χ2v) is 4.99. The molecule has 1 heteroatoms. The average molecular weight is 198 g/mol. The van der Waals surface area contributed by atoms with Gasteiger partial charge in [-0.1, -0.05) is 51.1 Å². The lowest BCUT2D eigenvalue weighted by Crippen LogP contribution is -2.10. The molecule has 2 rings (SSSR count). The van der Waals surface area contributed by atoms with Crippen LogP contribution in [0.3, 0.4) is 0 Å². The van der Waals surface area contributed by atoms with E-state index in [2.05, 4.69) is 32.9 Å². The quantitative estimate of drug-likeness (QED) is 0.609. The fourth-order valence-corrected chi connectivity index (χ4v) is 1.74. The van der Waals surface area contributed by atoms with Crippen molar-refractivity contribution in [2.24, 2.45) is 0 Å². The zero-order valence-electron chi connectivity index (χ0n) is 9.46. The first-order valence-electron chi connectivity index (χ1n) is 5.23. The molecule has 0 fully saturated rings. The van der Waals surface area contributed by atoms with Gasteiger partial charge in [-0.25, -0.2) is 0 Å². The summed E-state index contributed by atoms with van der Waals surface area (Å²) in [5, 5.41) is 2.19. The molecule has 2 aromatic rings. The highest BCUT2D eigenvalue weighted by Gasteiger charge is 2.15. The molecule has 0 aliphatic rings. The van der Waals surface area contributed by atoms with Crippen LogP contribution in [0.1, 0.15) is 26.3 Å². The van der Waals surface area contributed by atoms with E-state index in [1.165, 1.54) is 5.56 Å². The summed E-state index contributed by atoms with van der Waals surface area (Å²) < 4.78 is 0. The maximum atomic E-state index is 7.98. The Bertz CT molecular complexity index is 492. The number of benzene rings is 2. The molecule has 0 aliphatic carbocycles. The molecule has 0 aliphatic heterocycles. The Morgan fingerprint density at radius 3 is 2.33 bits per heavy atom. The predicted octanol–water partition coefficient (Wildman–Crippen LogP) is 4.05. The molecule has 0 heterocycles. The maximum absolute atomic E-state index is 7.98. The fourth-order valence-electron chi connectivity index (χ4n) is 1.74. The Hall–Kier alpha value is -1.50. The van der Waals surface area contributed by atoms with Crippen LogP contribution in [0.4, 0.5) is 5.69 Å². The first kappa shape index (κ1) is 10.0. The van der Waals surface area contributed by atoms with Gasteiger partial charge >= 0.3 is 0 Å². The van der Waals surface area contributed by atoms with Crippen LogP contribution in [0.15, 0.2) is 36.4 Å². The Kier molecular flexibility index (Phi) is 2.18. The van der Waals surface area contributed by atoms with E-state index in [1.54, 1.807) is 0 Å². The number of hydrogen-bond donors (Lipinski definition) is 0. The van der Waals surface area contributed by atoms with Crippen LogP contribution >= 0.6 is 0 Å². The number of fused-ring (bicyclic) bond motifs is 1. The Morgan fingerprint density at radius 2 is 1.67 bits per heavy atom. The van der Waals surface area contributed by atoms with E-state index < -0.39 is 0 Å². The molecule has 77 valence electrons. The lowest BCUT2D eigenvalue weighted by Gasteiger charge is -2.20. The van der Waals surface area contributed by atoms with Crippen LogP contribution in [0.25, 0.3) is 10.8 Å². The highest BCUT2D eigenvalue weighted by molar-refractivity contribution is 5.92.